The minimum Gasteiger partial charge on any atom is -0.370 e. The molecule has 1 fully saturated rings. The van der Waals surface area contributed by atoms with Gasteiger partial charge in [0.05, 0.1) is 10.9 Å². The van der Waals surface area contributed by atoms with E-state index in [0.717, 1.165) is 36.2 Å². The molecule has 21 heavy (non-hydrogen) atoms. The molecule has 2 heterocycles. The van der Waals surface area contributed by atoms with Crippen molar-refractivity contribution in [3.8, 4) is 0 Å². The van der Waals surface area contributed by atoms with Crippen molar-refractivity contribution < 1.29 is 4.79 Å². The van der Waals surface area contributed by atoms with Gasteiger partial charge in [-0.3, -0.25) is 9.79 Å². The summed E-state index contributed by atoms with van der Waals surface area (Å²) in [6.07, 6.45) is 2.56. The van der Waals surface area contributed by atoms with Gasteiger partial charge in [0.1, 0.15) is 0 Å². The smallest absolute Gasteiger partial charge is 0.217 e. The van der Waals surface area contributed by atoms with Crippen LogP contribution in [0, 0.1) is 5.92 Å². The SMILES string of the molecule is CN=C(NCc1ccc(Cl)s1)N1CCCC(CC(N)=O)C1. The van der Waals surface area contributed by atoms with Crippen LogP contribution in [0.2, 0.25) is 4.34 Å². The first-order valence-corrected chi connectivity index (χ1v) is 8.26. The number of guanidine groups is 1. The van der Waals surface area contributed by atoms with Crippen LogP contribution in [0.15, 0.2) is 17.1 Å². The number of nitrogens with zero attached hydrogens (tertiary/aromatic N) is 2. The maximum Gasteiger partial charge on any atom is 0.217 e. The molecule has 1 unspecified atom stereocenters. The van der Waals surface area contributed by atoms with Gasteiger partial charge in [0, 0.05) is 31.4 Å². The molecule has 1 amide bonds. The van der Waals surface area contributed by atoms with Gasteiger partial charge in [0.2, 0.25) is 5.91 Å². The number of amides is 1. The van der Waals surface area contributed by atoms with Crippen LogP contribution in [0.3, 0.4) is 0 Å². The van der Waals surface area contributed by atoms with Gasteiger partial charge in [-0.25, -0.2) is 0 Å². The highest BCUT2D eigenvalue weighted by Crippen LogP contribution is 2.22. The Hall–Kier alpha value is -1.27. The molecule has 2 rings (SSSR count). The fourth-order valence-corrected chi connectivity index (χ4v) is 3.68. The van der Waals surface area contributed by atoms with E-state index in [2.05, 4.69) is 15.2 Å². The van der Waals surface area contributed by atoms with E-state index in [4.69, 9.17) is 17.3 Å². The number of hydrogen-bond donors (Lipinski definition) is 2. The summed E-state index contributed by atoms with van der Waals surface area (Å²) in [6.45, 7) is 2.50. The van der Waals surface area contributed by atoms with Gasteiger partial charge in [-0.15, -0.1) is 11.3 Å². The van der Waals surface area contributed by atoms with Gasteiger partial charge in [0.25, 0.3) is 0 Å². The molecule has 0 aliphatic carbocycles. The molecule has 0 radical (unpaired) electrons. The number of nitrogens with two attached hydrogens (primary N) is 1. The lowest BCUT2D eigenvalue weighted by atomic mass is 9.95. The van der Waals surface area contributed by atoms with Crippen molar-refractivity contribution in [2.75, 3.05) is 20.1 Å². The number of primary amides is 1. The number of piperidine rings is 1. The Kier molecular flexibility index (Phi) is 5.87. The third kappa shape index (κ3) is 4.89. The van der Waals surface area contributed by atoms with Crippen molar-refractivity contribution >= 4 is 34.8 Å². The van der Waals surface area contributed by atoms with Gasteiger partial charge < -0.3 is 16.0 Å². The number of halogens is 1. The average molecular weight is 329 g/mol. The second-order valence-electron chi connectivity index (χ2n) is 5.23. The van der Waals surface area contributed by atoms with E-state index in [1.165, 1.54) is 4.88 Å². The third-order valence-corrected chi connectivity index (χ3v) is 4.80. The number of aliphatic imine (C=N–C) groups is 1. The minimum atomic E-state index is -0.224. The third-order valence-electron chi connectivity index (χ3n) is 3.57. The van der Waals surface area contributed by atoms with Gasteiger partial charge in [-0.2, -0.15) is 0 Å². The summed E-state index contributed by atoms with van der Waals surface area (Å²) in [7, 11) is 1.78. The molecule has 0 aromatic carbocycles. The van der Waals surface area contributed by atoms with Gasteiger partial charge in [0.15, 0.2) is 5.96 Å². The van der Waals surface area contributed by atoms with Crippen LogP contribution in [0.5, 0.6) is 0 Å². The molecule has 1 aliphatic rings. The second kappa shape index (κ2) is 7.66. The van der Waals surface area contributed by atoms with Crippen LogP contribution >= 0.6 is 22.9 Å². The van der Waals surface area contributed by atoms with Gasteiger partial charge in [-0.1, -0.05) is 11.6 Å². The highest BCUT2D eigenvalue weighted by molar-refractivity contribution is 7.16. The molecule has 1 aromatic rings. The molecular formula is C14H21ClN4OS. The van der Waals surface area contributed by atoms with E-state index in [-0.39, 0.29) is 5.91 Å². The van der Waals surface area contributed by atoms with E-state index < -0.39 is 0 Å². The zero-order valence-electron chi connectivity index (χ0n) is 12.1. The highest BCUT2D eigenvalue weighted by atomic mass is 35.5. The average Bonchev–Trinajstić information content (AvgIpc) is 2.85. The van der Waals surface area contributed by atoms with Crippen LogP contribution in [-0.4, -0.2) is 36.9 Å². The lowest BCUT2D eigenvalue weighted by molar-refractivity contribution is -0.119. The Labute approximate surface area is 134 Å². The molecule has 1 atom stereocenters. The van der Waals surface area contributed by atoms with Crippen LogP contribution in [0.25, 0.3) is 0 Å². The molecule has 116 valence electrons. The van der Waals surface area contributed by atoms with Crippen LogP contribution in [0.1, 0.15) is 24.1 Å². The molecule has 0 bridgehead atoms. The summed E-state index contributed by atoms with van der Waals surface area (Å²) in [5, 5.41) is 3.35. The van der Waals surface area contributed by atoms with E-state index in [1.807, 2.05) is 12.1 Å². The number of carbonyl (C=O) groups excluding carboxylic acids is 1. The summed E-state index contributed by atoms with van der Waals surface area (Å²) in [6, 6.07) is 3.91. The molecule has 0 saturated carbocycles. The Bertz CT molecular complexity index is 517. The number of thiophene rings is 1. The van der Waals surface area contributed by atoms with E-state index in [1.54, 1.807) is 18.4 Å². The molecule has 1 aromatic heterocycles. The highest BCUT2D eigenvalue weighted by Gasteiger charge is 2.23. The Morgan fingerprint density at radius 1 is 1.62 bits per heavy atom. The molecule has 5 nitrogen and oxygen atoms in total. The molecule has 1 aliphatic heterocycles. The molecule has 1 saturated heterocycles. The first kappa shape index (κ1) is 16.1. The lowest BCUT2D eigenvalue weighted by Gasteiger charge is -2.34. The standard InChI is InChI=1S/C14H21ClN4OS/c1-17-14(18-8-11-4-5-12(15)21-11)19-6-2-3-10(9-19)7-13(16)20/h4-5,10H,2-3,6-9H2,1H3,(H2,16,20)(H,17,18). The summed E-state index contributed by atoms with van der Waals surface area (Å²) in [5.74, 6) is 0.970. The van der Waals surface area contributed by atoms with Crippen LogP contribution in [-0.2, 0) is 11.3 Å². The predicted octanol–water partition coefficient (Wildman–Crippen LogP) is 2.06. The lowest BCUT2D eigenvalue weighted by Crippen LogP contribution is -2.46. The summed E-state index contributed by atoms with van der Waals surface area (Å²) < 4.78 is 0.793. The van der Waals surface area contributed by atoms with Crippen molar-refractivity contribution in [1.29, 1.82) is 0 Å². The topological polar surface area (TPSA) is 70.7 Å². The molecule has 7 heteroatoms. The van der Waals surface area contributed by atoms with Crippen molar-refractivity contribution in [3.05, 3.63) is 21.3 Å². The minimum absolute atomic E-state index is 0.224. The van der Waals surface area contributed by atoms with Crippen molar-refractivity contribution in [3.63, 3.8) is 0 Å². The second-order valence-corrected chi connectivity index (χ2v) is 7.03. The molecular weight excluding hydrogens is 308 g/mol. The Morgan fingerprint density at radius 3 is 3.05 bits per heavy atom. The quantitative estimate of drug-likeness (QED) is 0.656. The largest absolute Gasteiger partial charge is 0.370 e. The fourth-order valence-electron chi connectivity index (χ4n) is 2.65. The zero-order chi connectivity index (χ0) is 15.2. The fraction of sp³-hybridized carbons (Fsp3) is 0.571. The van der Waals surface area contributed by atoms with Gasteiger partial charge >= 0.3 is 0 Å². The summed E-state index contributed by atoms with van der Waals surface area (Å²) in [5.41, 5.74) is 5.30. The van der Waals surface area contributed by atoms with E-state index in [0.29, 0.717) is 18.9 Å². The molecule has 0 spiro atoms. The maximum absolute atomic E-state index is 11.1. The first-order valence-electron chi connectivity index (χ1n) is 7.06. The van der Waals surface area contributed by atoms with E-state index >= 15 is 0 Å². The van der Waals surface area contributed by atoms with Crippen molar-refractivity contribution in [2.24, 2.45) is 16.6 Å². The Morgan fingerprint density at radius 2 is 2.43 bits per heavy atom. The zero-order valence-corrected chi connectivity index (χ0v) is 13.7. The summed E-state index contributed by atoms with van der Waals surface area (Å²) >= 11 is 7.50. The van der Waals surface area contributed by atoms with Crippen LogP contribution in [0.4, 0.5) is 0 Å². The number of nitrogens with one attached hydrogen (secondary N) is 1. The maximum atomic E-state index is 11.1. The summed E-state index contributed by atoms with van der Waals surface area (Å²) in [4.78, 5) is 18.8. The predicted molar refractivity (Wildman–Crippen MR) is 87.6 cm³/mol. The van der Waals surface area contributed by atoms with Gasteiger partial charge in [-0.05, 0) is 30.9 Å². The van der Waals surface area contributed by atoms with E-state index in [9.17, 15) is 4.79 Å². The van der Waals surface area contributed by atoms with Crippen molar-refractivity contribution in [1.82, 2.24) is 10.2 Å². The molecule has 3 N–H and O–H groups in total. The van der Waals surface area contributed by atoms with Crippen molar-refractivity contribution in [2.45, 2.75) is 25.8 Å². The Balaban J connectivity index is 1.89. The van der Waals surface area contributed by atoms with Crippen LogP contribution < -0.4 is 11.1 Å². The number of rotatable bonds is 4. The number of carbonyl (C=O) groups is 1. The normalized spacial score (nSPS) is 19.6. The number of hydrogen-bond acceptors (Lipinski definition) is 3. The monoisotopic (exact) mass is 328 g/mol. The first-order chi connectivity index (χ1) is 10.1. The number of likely N-dealkylation sites (tertiary alicyclic amines) is 1.